The number of nitrogens with zero attached hydrogens (tertiary/aromatic N) is 1. The lowest BCUT2D eigenvalue weighted by Crippen LogP contribution is -2.57. The maximum Gasteiger partial charge on any atom is 0.426 e. The van der Waals surface area contributed by atoms with E-state index in [1.165, 1.54) is 50.2 Å². The molecule has 2 atom stereocenters. The van der Waals surface area contributed by atoms with Gasteiger partial charge in [0.1, 0.15) is 5.75 Å². The molecule has 0 aliphatic carbocycles. The Morgan fingerprint density at radius 2 is 1.94 bits per heavy atom. The molecule has 34 heavy (non-hydrogen) atoms. The number of carbonyl (C=O) groups is 2. The number of nitrogens with one attached hydrogen (secondary N) is 1. The molecule has 11 heteroatoms. The van der Waals surface area contributed by atoms with Gasteiger partial charge in [-0.15, -0.1) is 0 Å². The van der Waals surface area contributed by atoms with E-state index in [1.807, 2.05) is 0 Å². The number of hydrogen-bond acceptors (Lipinski definition) is 6. The third kappa shape index (κ3) is 4.60. The molecular formula is C23H22ClF3N2O5. The predicted octanol–water partition coefficient (Wildman–Crippen LogP) is 4.64. The lowest BCUT2D eigenvalue weighted by molar-refractivity contribution is -0.254. The second-order valence-electron chi connectivity index (χ2n) is 8.65. The molecule has 1 amide bonds. The number of benzene rings is 2. The van der Waals surface area contributed by atoms with Crippen LogP contribution < -0.4 is 5.32 Å². The molecular weight excluding hydrogens is 477 g/mol. The van der Waals surface area contributed by atoms with E-state index in [0.717, 1.165) is 0 Å². The molecule has 182 valence electrons. The van der Waals surface area contributed by atoms with Gasteiger partial charge in [-0.1, -0.05) is 48.8 Å². The van der Waals surface area contributed by atoms with Crippen LogP contribution in [0.15, 0.2) is 41.6 Å². The van der Waals surface area contributed by atoms with E-state index < -0.39 is 35.6 Å². The molecule has 0 saturated heterocycles. The minimum Gasteiger partial charge on any atom is -0.506 e. The van der Waals surface area contributed by atoms with Crippen LogP contribution in [0.1, 0.15) is 50.0 Å². The highest BCUT2D eigenvalue weighted by Crippen LogP contribution is 2.45. The number of halogens is 4. The van der Waals surface area contributed by atoms with E-state index in [1.54, 1.807) is 6.92 Å². The zero-order chi connectivity index (χ0) is 25.5. The third-order valence-corrected chi connectivity index (χ3v) is 6.08. The Kier molecular flexibility index (Phi) is 6.69. The average Bonchev–Trinajstić information content (AvgIpc) is 2.75. The minimum atomic E-state index is -5.33. The van der Waals surface area contributed by atoms with E-state index >= 15 is 0 Å². The zero-order valence-corrected chi connectivity index (χ0v) is 19.2. The van der Waals surface area contributed by atoms with Crippen LogP contribution >= 0.6 is 11.6 Å². The van der Waals surface area contributed by atoms with E-state index in [-0.39, 0.29) is 22.0 Å². The van der Waals surface area contributed by atoms with Gasteiger partial charge >= 0.3 is 6.18 Å². The maximum absolute atomic E-state index is 14.0. The van der Waals surface area contributed by atoms with Crippen molar-refractivity contribution in [3.63, 3.8) is 0 Å². The highest BCUT2D eigenvalue weighted by molar-refractivity contribution is 6.32. The first kappa shape index (κ1) is 25.5. The summed E-state index contributed by atoms with van der Waals surface area (Å²) in [6.45, 7) is 4.31. The van der Waals surface area contributed by atoms with E-state index in [0.29, 0.717) is 23.1 Å². The van der Waals surface area contributed by atoms with Gasteiger partial charge in [0, 0.05) is 23.2 Å². The standard InChI is InChI=1S/C23H22ClF3N2O5/c1-12-15-9-13(7-8-14(15)18(10-30)34-29-12)28-20(32)22(33,23(25,26)27)11-21(2,3)16-5-4-6-17(31)19(16)24/h4-10,18,31,33H,11H2,1-3H3,(H,28,32). The fourth-order valence-electron chi connectivity index (χ4n) is 3.86. The molecule has 0 spiro atoms. The number of carbonyl (C=O) groups excluding carboxylic acids is 2. The van der Waals surface area contributed by atoms with Crippen LogP contribution in [0.4, 0.5) is 18.9 Å². The summed E-state index contributed by atoms with van der Waals surface area (Å²) in [4.78, 5) is 29.0. The van der Waals surface area contributed by atoms with Crippen molar-refractivity contribution in [2.75, 3.05) is 5.32 Å². The van der Waals surface area contributed by atoms with Crippen LogP contribution in [0.3, 0.4) is 0 Å². The van der Waals surface area contributed by atoms with Crippen LogP contribution in [0.5, 0.6) is 5.75 Å². The number of rotatable bonds is 6. The molecule has 0 fully saturated rings. The molecule has 0 saturated carbocycles. The summed E-state index contributed by atoms with van der Waals surface area (Å²) in [5.74, 6) is -2.03. The summed E-state index contributed by atoms with van der Waals surface area (Å²) in [5, 5.41) is 26.2. The van der Waals surface area contributed by atoms with Gasteiger partial charge in [0.25, 0.3) is 5.91 Å². The number of aliphatic hydroxyl groups is 1. The van der Waals surface area contributed by atoms with E-state index in [9.17, 15) is 33.0 Å². The first-order valence-electron chi connectivity index (χ1n) is 10.1. The van der Waals surface area contributed by atoms with Crippen molar-refractivity contribution in [3.05, 3.63) is 58.1 Å². The van der Waals surface area contributed by atoms with Crippen molar-refractivity contribution in [1.29, 1.82) is 0 Å². The largest absolute Gasteiger partial charge is 0.506 e. The topological polar surface area (TPSA) is 108 Å². The lowest BCUT2D eigenvalue weighted by atomic mass is 9.74. The third-order valence-electron chi connectivity index (χ3n) is 5.68. The second kappa shape index (κ2) is 8.92. The molecule has 1 heterocycles. The zero-order valence-electron chi connectivity index (χ0n) is 18.4. The maximum atomic E-state index is 14.0. The van der Waals surface area contributed by atoms with Gasteiger partial charge in [-0.05, 0) is 36.1 Å². The fraction of sp³-hybridized carbons (Fsp3) is 0.348. The van der Waals surface area contributed by atoms with Crippen LogP contribution in [0, 0.1) is 0 Å². The molecule has 2 aromatic rings. The molecule has 1 aliphatic heterocycles. The molecule has 1 aliphatic rings. The lowest BCUT2D eigenvalue weighted by Gasteiger charge is -2.37. The van der Waals surface area contributed by atoms with Gasteiger partial charge in [0.15, 0.2) is 6.29 Å². The van der Waals surface area contributed by atoms with Crippen LogP contribution in [0.25, 0.3) is 0 Å². The number of phenols is 1. The Morgan fingerprint density at radius 3 is 2.56 bits per heavy atom. The highest BCUT2D eigenvalue weighted by atomic mass is 35.5. The van der Waals surface area contributed by atoms with Crippen molar-refractivity contribution >= 4 is 35.2 Å². The molecule has 2 aromatic carbocycles. The van der Waals surface area contributed by atoms with Gasteiger partial charge < -0.3 is 20.4 Å². The van der Waals surface area contributed by atoms with Crippen molar-refractivity contribution in [2.24, 2.45) is 5.16 Å². The van der Waals surface area contributed by atoms with Crippen molar-refractivity contribution < 1.29 is 37.8 Å². The SMILES string of the molecule is CC1=NOC(C=O)c2ccc(NC(=O)C(O)(CC(C)(C)c3cccc(O)c3Cl)C(F)(F)F)cc21. The van der Waals surface area contributed by atoms with Crippen molar-refractivity contribution in [3.8, 4) is 5.75 Å². The van der Waals surface area contributed by atoms with E-state index in [2.05, 4.69) is 10.5 Å². The fourth-order valence-corrected chi connectivity index (χ4v) is 4.24. The summed E-state index contributed by atoms with van der Waals surface area (Å²) >= 11 is 6.08. The molecule has 0 aromatic heterocycles. The molecule has 0 bridgehead atoms. The predicted molar refractivity (Wildman–Crippen MR) is 119 cm³/mol. The van der Waals surface area contributed by atoms with E-state index in [4.69, 9.17) is 16.4 Å². The molecule has 3 rings (SSSR count). The number of anilines is 1. The molecule has 0 radical (unpaired) electrons. The van der Waals surface area contributed by atoms with Crippen molar-refractivity contribution in [2.45, 2.75) is 50.5 Å². The van der Waals surface area contributed by atoms with Crippen molar-refractivity contribution in [1.82, 2.24) is 0 Å². The monoisotopic (exact) mass is 498 g/mol. The minimum absolute atomic E-state index is 0.0410. The Balaban J connectivity index is 1.95. The summed E-state index contributed by atoms with van der Waals surface area (Å²) in [7, 11) is 0. The number of amides is 1. The average molecular weight is 499 g/mol. The summed E-state index contributed by atoms with van der Waals surface area (Å²) in [6.07, 6.45) is -6.88. The molecule has 7 nitrogen and oxygen atoms in total. The Labute approximate surface area is 198 Å². The van der Waals surface area contributed by atoms with Gasteiger partial charge in [0.2, 0.25) is 11.7 Å². The normalized spacial score (nSPS) is 17.6. The van der Waals surface area contributed by atoms with Crippen LogP contribution in [-0.2, 0) is 19.8 Å². The number of oxime groups is 1. The Bertz CT molecular complexity index is 1170. The summed E-state index contributed by atoms with van der Waals surface area (Å²) in [6, 6.07) is 8.14. The summed E-state index contributed by atoms with van der Waals surface area (Å²) in [5.41, 5.74) is -3.97. The van der Waals surface area contributed by atoms with Gasteiger partial charge in [-0.2, -0.15) is 13.2 Å². The van der Waals surface area contributed by atoms with Gasteiger partial charge in [-0.3, -0.25) is 9.59 Å². The summed E-state index contributed by atoms with van der Waals surface area (Å²) < 4.78 is 42.1. The number of phenolic OH excluding ortho intramolecular Hbond substituents is 1. The quantitative estimate of drug-likeness (QED) is 0.503. The second-order valence-corrected chi connectivity index (χ2v) is 9.03. The number of fused-ring (bicyclic) bond motifs is 1. The number of alkyl halides is 3. The number of aldehydes is 1. The highest BCUT2D eigenvalue weighted by Gasteiger charge is 2.61. The smallest absolute Gasteiger partial charge is 0.426 e. The molecule has 2 unspecified atom stereocenters. The Morgan fingerprint density at radius 1 is 1.26 bits per heavy atom. The van der Waals surface area contributed by atoms with Crippen LogP contribution in [-0.4, -0.2) is 39.9 Å². The van der Waals surface area contributed by atoms with Crippen LogP contribution in [0.2, 0.25) is 5.02 Å². The molecule has 3 N–H and O–H groups in total. The van der Waals surface area contributed by atoms with Gasteiger partial charge in [-0.25, -0.2) is 0 Å². The first-order chi connectivity index (χ1) is 15.7. The number of aromatic hydroxyl groups is 1. The first-order valence-corrected chi connectivity index (χ1v) is 10.5. The van der Waals surface area contributed by atoms with Gasteiger partial charge in [0.05, 0.1) is 10.7 Å². The number of hydrogen-bond donors (Lipinski definition) is 3. The Hall–Kier alpha value is -3.11.